The van der Waals surface area contributed by atoms with Gasteiger partial charge in [0.2, 0.25) is 0 Å². The molecule has 0 radical (unpaired) electrons. The van der Waals surface area contributed by atoms with Crippen molar-refractivity contribution >= 4 is 15.9 Å². The second-order valence-corrected chi connectivity index (χ2v) is 4.98. The fourth-order valence-electron chi connectivity index (χ4n) is 1.73. The molecule has 3 nitrogen and oxygen atoms in total. The number of aromatic hydroxyl groups is 1. The molecule has 16 heavy (non-hydrogen) atoms. The first-order chi connectivity index (χ1) is 7.74. The maximum Gasteiger partial charge on any atom is 0.130 e. The number of aromatic nitrogens is 2. The maximum absolute atomic E-state index is 9.61. The van der Waals surface area contributed by atoms with Crippen LogP contribution in [0.1, 0.15) is 24.6 Å². The lowest BCUT2D eigenvalue weighted by Gasteiger charge is -2.00. The van der Waals surface area contributed by atoms with E-state index in [1.807, 2.05) is 18.3 Å². The molecule has 3 rings (SSSR count). The maximum atomic E-state index is 9.61. The number of phenols is 1. The van der Waals surface area contributed by atoms with E-state index in [1.54, 1.807) is 6.07 Å². The summed E-state index contributed by atoms with van der Waals surface area (Å²) in [6, 6.07) is 5.52. The van der Waals surface area contributed by atoms with Crippen LogP contribution in [0.25, 0.3) is 11.3 Å². The summed E-state index contributed by atoms with van der Waals surface area (Å²) in [6.07, 6.45) is 4.30. The highest BCUT2D eigenvalue weighted by molar-refractivity contribution is 9.10. The number of H-pyrrole nitrogens is 1. The molecule has 82 valence electrons. The minimum atomic E-state index is 0.250. The van der Waals surface area contributed by atoms with Gasteiger partial charge in [-0.2, -0.15) is 0 Å². The summed E-state index contributed by atoms with van der Waals surface area (Å²) >= 11 is 3.26. The molecule has 0 bridgehead atoms. The van der Waals surface area contributed by atoms with Gasteiger partial charge in [0.1, 0.15) is 11.6 Å². The molecule has 1 fully saturated rings. The molecule has 2 aromatic rings. The Hall–Kier alpha value is -1.29. The first-order valence-corrected chi connectivity index (χ1v) is 6.07. The number of rotatable bonds is 2. The Labute approximate surface area is 102 Å². The average Bonchev–Trinajstić information content (AvgIpc) is 3.01. The van der Waals surface area contributed by atoms with E-state index in [0.29, 0.717) is 10.4 Å². The van der Waals surface area contributed by atoms with Gasteiger partial charge in [-0.3, -0.25) is 0 Å². The lowest BCUT2D eigenvalue weighted by molar-refractivity contribution is 0.472. The van der Waals surface area contributed by atoms with Crippen LogP contribution in [0.4, 0.5) is 0 Å². The minimum Gasteiger partial charge on any atom is -0.507 e. The van der Waals surface area contributed by atoms with Gasteiger partial charge in [-0.05, 0) is 40.9 Å². The summed E-state index contributed by atoms with van der Waals surface area (Å²) in [4.78, 5) is 7.66. The van der Waals surface area contributed by atoms with Gasteiger partial charge >= 0.3 is 0 Å². The van der Waals surface area contributed by atoms with Gasteiger partial charge in [0, 0.05) is 11.5 Å². The SMILES string of the molecule is Oc1cc(-c2cnc(C3CC3)[nH]2)ccc1Br. The third-order valence-electron chi connectivity index (χ3n) is 2.82. The Morgan fingerprint density at radius 1 is 1.38 bits per heavy atom. The molecule has 0 atom stereocenters. The van der Waals surface area contributed by atoms with Crippen molar-refractivity contribution in [2.45, 2.75) is 18.8 Å². The molecule has 0 saturated heterocycles. The van der Waals surface area contributed by atoms with Crippen LogP contribution < -0.4 is 0 Å². The van der Waals surface area contributed by atoms with Gasteiger partial charge in [0.25, 0.3) is 0 Å². The van der Waals surface area contributed by atoms with Crippen LogP contribution in [-0.4, -0.2) is 15.1 Å². The van der Waals surface area contributed by atoms with E-state index in [0.717, 1.165) is 17.1 Å². The number of phenolic OH excluding ortho intramolecular Hbond substituents is 1. The summed E-state index contributed by atoms with van der Waals surface area (Å²) < 4.78 is 0.707. The lowest BCUT2D eigenvalue weighted by Crippen LogP contribution is -1.82. The Bertz CT molecular complexity index is 532. The highest BCUT2D eigenvalue weighted by Gasteiger charge is 2.26. The van der Waals surface area contributed by atoms with Gasteiger partial charge in [-0.15, -0.1) is 0 Å². The molecule has 0 aliphatic heterocycles. The quantitative estimate of drug-likeness (QED) is 0.884. The van der Waals surface area contributed by atoms with Gasteiger partial charge in [-0.1, -0.05) is 6.07 Å². The van der Waals surface area contributed by atoms with Crippen molar-refractivity contribution in [3.63, 3.8) is 0 Å². The first-order valence-electron chi connectivity index (χ1n) is 5.28. The predicted molar refractivity (Wildman–Crippen MR) is 65.4 cm³/mol. The largest absolute Gasteiger partial charge is 0.507 e. The zero-order valence-corrected chi connectivity index (χ0v) is 10.2. The molecule has 1 aromatic heterocycles. The van der Waals surface area contributed by atoms with E-state index in [9.17, 15) is 5.11 Å². The van der Waals surface area contributed by atoms with Crippen LogP contribution in [0.5, 0.6) is 5.75 Å². The summed E-state index contributed by atoms with van der Waals surface area (Å²) in [7, 11) is 0. The Kier molecular flexibility index (Phi) is 2.24. The number of nitrogens with zero attached hydrogens (tertiary/aromatic N) is 1. The number of aromatic amines is 1. The molecule has 1 aromatic carbocycles. The van der Waals surface area contributed by atoms with E-state index in [-0.39, 0.29) is 5.75 Å². The van der Waals surface area contributed by atoms with Crippen LogP contribution in [-0.2, 0) is 0 Å². The summed E-state index contributed by atoms with van der Waals surface area (Å²) in [5.74, 6) is 1.94. The van der Waals surface area contributed by atoms with Crippen LogP contribution in [0.3, 0.4) is 0 Å². The molecular formula is C12H11BrN2O. The van der Waals surface area contributed by atoms with Crippen molar-refractivity contribution < 1.29 is 5.11 Å². The molecule has 1 aliphatic rings. The van der Waals surface area contributed by atoms with Crippen LogP contribution >= 0.6 is 15.9 Å². The number of hydrogen-bond acceptors (Lipinski definition) is 2. The number of halogens is 1. The van der Waals surface area contributed by atoms with E-state index in [1.165, 1.54) is 12.8 Å². The third kappa shape index (κ3) is 1.73. The van der Waals surface area contributed by atoms with Crippen molar-refractivity contribution in [2.24, 2.45) is 0 Å². The van der Waals surface area contributed by atoms with E-state index in [2.05, 4.69) is 25.9 Å². The van der Waals surface area contributed by atoms with Gasteiger partial charge in [0.05, 0.1) is 16.4 Å². The fraction of sp³-hybridized carbons (Fsp3) is 0.250. The number of nitrogens with one attached hydrogen (secondary N) is 1. The van der Waals surface area contributed by atoms with Crippen molar-refractivity contribution in [2.75, 3.05) is 0 Å². The smallest absolute Gasteiger partial charge is 0.130 e. The Balaban J connectivity index is 1.97. The van der Waals surface area contributed by atoms with Crippen molar-refractivity contribution in [3.8, 4) is 17.0 Å². The normalized spacial score (nSPS) is 15.3. The highest BCUT2D eigenvalue weighted by Crippen LogP contribution is 2.39. The molecule has 0 unspecified atom stereocenters. The lowest BCUT2D eigenvalue weighted by atomic mass is 10.1. The molecule has 4 heteroatoms. The third-order valence-corrected chi connectivity index (χ3v) is 3.49. The zero-order chi connectivity index (χ0) is 11.1. The second-order valence-electron chi connectivity index (χ2n) is 4.12. The van der Waals surface area contributed by atoms with Crippen LogP contribution in [0.15, 0.2) is 28.9 Å². The number of benzene rings is 1. The standard InChI is InChI=1S/C12H11BrN2O/c13-9-4-3-8(5-11(9)16)10-6-14-12(15-10)7-1-2-7/h3-7,16H,1-2H2,(H,14,15). The van der Waals surface area contributed by atoms with Crippen LogP contribution in [0.2, 0.25) is 0 Å². The zero-order valence-electron chi connectivity index (χ0n) is 8.57. The van der Waals surface area contributed by atoms with Crippen molar-refractivity contribution in [1.29, 1.82) is 0 Å². The fourth-order valence-corrected chi connectivity index (χ4v) is 1.97. The molecule has 1 heterocycles. The molecule has 0 spiro atoms. The second kappa shape index (κ2) is 3.63. The highest BCUT2D eigenvalue weighted by atomic mass is 79.9. The average molecular weight is 279 g/mol. The van der Waals surface area contributed by atoms with Gasteiger partial charge in [0.15, 0.2) is 0 Å². The Morgan fingerprint density at radius 2 is 2.19 bits per heavy atom. The minimum absolute atomic E-state index is 0.250. The number of imidazole rings is 1. The molecule has 0 amide bonds. The predicted octanol–water partition coefficient (Wildman–Crippen LogP) is 3.42. The van der Waals surface area contributed by atoms with Crippen molar-refractivity contribution in [1.82, 2.24) is 9.97 Å². The summed E-state index contributed by atoms with van der Waals surface area (Å²) in [5, 5.41) is 9.61. The number of hydrogen-bond donors (Lipinski definition) is 2. The van der Waals surface area contributed by atoms with E-state index < -0.39 is 0 Å². The molecular weight excluding hydrogens is 268 g/mol. The molecule has 1 saturated carbocycles. The molecule has 1 aliphatic carbocycles. The van der Waals surface area contributed by atoms with Gasteiger partial charge in [-0.25, -0.2) is 4.98 Å². The Morgan fingerprint density at radius 3 is 2.88 bits per heavy atom. The first kappa shape index (κ1) is 9.90. The van der Waals surface area contributed by atoms with Crippen molar-refractivity contribution in [3.05, 3.63) is 34.7 Å². The topological polar surface area (TPSA) is 48.9 Å². The van der Waals surface area contributed by atoms with E-state index in [4.69, 9.17) is 0 Å². The van der Waals surface area contributed by atoms with Gasteiger partial charge < -0.3 is 10.1 Å². The summed E-state index contributed by atoms with van der Waals surface area (Å²) in [5.41, 5.74) is 1.92. The monoisotopic (exact) mass is 278 g/mol. The molecule has 2 N–H and O–H groups in total. The van der Waals surface area contributed by atoms with Crippen LogP contribution in [0, 0.1) is 0 Å². The van der Waals surface area contributed by atoms with E-state index >= 15 is 0 Å². The summed E-state index contributed by atoms with van der Waals surface area (Å²) in [6.45, 7) is 0.